The molecular weight excluding hydrogens is 238 g/mol. The van der Waals surface area contributed by atoms with Gasteiger partial charge in [0.1, 0.15) is 4.61 Å². The van der Waals surface area contributed by atoms with E-state index in [9.17, 15) is 0 Å². The molecule has 0 spiro atoms. The summed E-state index contributed by atoms with van der Waals surface area (Å²) in [6.07, 6.45) is 3.47. The van der Waals surface area contributed by atoms with Gasteiger partial charge in [-0.15, -0.1) is 4.14 Å². The van der Waals surface area contributed by atoms with Crippen LogP contribution in [0.2, 0.25) is 0 Å². The van der Waals surface area contributed by atoms with Gasteiger partial charge in [-0.05, 0) is 22.0 Å². The van der Waals surface area contributed by atoms with Crippen LogP contribution in [0.1, 0.15) is 0 Å². The second kappa shape index (κ2) is 2.50. The quantitative estimate of drug-likeness (QED) is 0.511. The maximum Gasteiger partial charge on any atom is 0.101 e. The Morgan fingerprint density at radius 2 is 2.50 bits per heavy atom. The van der Waals surface area contributed by atoms with Crippen LogP contribution in [0.15, 0.2) is 15.8 Å². The van der Waals surface area contributed by atoms with Crippen molar-refractivity contribution in [2.75, 3.05) is 0 Å². The Hall–Kier alpha value is -0.0300. The van der Waals surface area contributed by atoms with Gasteiger partial charge in [0.15, 0.2) is 0 Å². The first kappa shape index (κ1) is 6.10. The summed E-state index contributed by atoms with van der Waals surface area (Å²) >= 11 is 6.30. The van der Waals surface area contributed by atoms with Gasteiger partial charge >= 0.3 is 0 Å². The monoisotopic (exact) mass is 239 g/mol. The Morgan fingerprint density at radius 1 is 1.75 bits per heavy atom. The van der Waals surface area contributed by atoms with E-state index in [0.29, 0.717) is 0 Å². The molecule has 1 N–H and O–H groups in total. The van der Waals surface area contributed by atoms with Crippen LogP contribution in [-0.4, -0.2) is 10.4 Å². The molecule has 0 aliphatic carbocycles. The van der Waals surface area contributed by atoms with Crippen molar-refractivity contribution >= 4 is 38.3 Å². The molecule has 0 saturated heterocycles. The lowest BCUT2D eigenvalue weighted by molar-refractivity contribution is 0.445. The van der Waals surface area contributed by atoms with Crippen LogP contribution in [0.25, 0.3) is 0 Å². The van der Waals surface area contributed by atoms with E-state index in [1.54, 1.807) is 12.3 Å². The van der Waals surface area contributed by atoms with Gasteiger partial charge in [-0.3, -0.25) is 5.43 Å². The first-order valence-corrected chi connectivity index (χ1v) is 3.41. The van der Waals surface area contributed by atoms with Crippen molar-refractivity contribution in [3.05, 3.63) is 10.7 Å². The number of hydrazone groups is 1. The van der Waals surface area contributed by atoms with Crippen molar-refractivity contribution in [2.45, 2.75) is 0 Å². The average Bonchev–Trinajstić information content (AvgIpc) is 1.64. The van der Waals surface area contributed by atoms with Crippen molar-refractivity contribution in [3.63, 3.8) is 0 Å². The zero-order chi connectivity index (χ0) is 5.98. The summed E-state index contributed by atoms with van der Waals surface area (Å²) in [5.41, 5.74) is 2.81. The minimum absolute atomic E-state index is 0.879. The van der Waals surface area contributed by atoms with Crippen molar-refractivity contribution in [1.82, 2.24) is 9.57 Å². The Kier molecular flexibility index (Phi) is 1.90. The smallest absolute Gasteiger partial charge is 0.101 e. The van der Waals surface area contributed by atoms with Gasteiger partial charge in [-0.2, -0.15) is 5.10 Å². The molecular formula is C3H3Br2N3. The van der Waals surface area contributed by atoms with E-state index < -0.39 is 0 Å². The molecule has 1 rings (SSSR count). The molecule has 0 atom stereocenters. The number of rotatable bonds is 0. The third kappa shape index (κ3) is 1.48. The van der Waals surface area contributed by atoms with Crippen LogP contribution in [-0.2, 0) is 0 Å². The third-order valence-electron chi connectivity index (χ3n) is 0.588. The number of hydrazine groups is 1. The summed E-state index contributed by atoms with van der Waals surface area (Å²) in [6, 6.07) is 0. The number of nitrogens with zero attached hydrogens (tertiary/aromatic N) is 2. The van der Waals surface area contributed by atoms with Gasteiger partial charge < -0.3 is 0 Å². The summed E-state index contributed by atoms with van der Waals surface area (Å²) in [7, 11) is 0. The summed E-state index contributed by atoms with van der Waals surface area (Å²) < 4.78 is 2.31. The Labute approximate surface area is 63.9 Å². The summed E-state index contributed by atoms with van der Waals surface area (Å²) in [6.45, 7) is 0. The lowest BCUT2D eigenvalue weighted by Gasteiger charge is -2.13. The molecule has 0 aromatic carbocycles. The molecule has 44 valence electrons. The fraction of sp³-hybridized carbons (Fsp3) is 0. The fourth-order valence-electron chi connectivity index (χ4n) is 0.312. The molecule has 0 bridgehead atoms. The van der Waals surface area contributed by atoms with E-state index in [2.05, 4.69) is 42.6 Å². The zero-order valence-electron chi connectivity index (χ0n) is 3.81. The number of hydrogen-bond acceptors (Lipinski definition) is 3. The Balaban J connectivity index is 2.59. The molecule has 0 radical (unpaired) electrons. The fourth-order valence-corrected chi connectivity index (χ4v) is 1.13. The van der Waals surface area contributed by atoms with Crippen molar-refractivity contribution in [1.29, 1.82) is 0 Å². The van der Waals surface area contributed by atoms with Gasteiger partial charge in [0.05, 0.1) is 22.4 Å². The molecule has 0 fully saturated rings. The largest absolute Gasteiger partial charge is 0.265 e. The second-order valence-electron chi connectivity index (χ2n) is 1.15. The number of nitrogens with one attached hydrogen (secondary N) is 1. The average molecular weight is 241 g/mol. The van der Waals surface area contributed by atoms with Crippen LogP contribution in [0.5, 0.6) is 0 Å². The highest BCUT2D eigenvalue weighted by molar-refractivity contribution is 9.11. The van der Waals surface area contributed by atoms with Gasteiger partial charge in [-0.1, -0.05) is 0 Å². The maximum atomic E-state index is 3.79. The van der Waals surface area contributed by atoms with Crippen LogP contribution in [0.4, 0.5) is 0 Å². The summed E-state index contributed by atoms with van der Waals surface area (Å²) in [4.78, 5) is 0. The third-order valence-corrected chi connectivity index (χ3v) is 1.39. The van der Waals surface area contributed by atoms with Crippen molar-refractivity contribution in [3.8, 4) is 0 Å². The van der Waals surface area contributed by atoms with E-state index in [1.165, 1.54) is 4.14 Å². The molecule has 0 aromatic heterocycles. The number of halogens is 2. The van der Waals surface area contributed by atoms with E-state index >= 15 is 0 Å². The predicted octanol–water partition coefficient (Wildman–Crippen LogP) is 1.34. The Bertz CT molecular complexity index is 141. The zero-order valence-corrected chi connectivity index (χ0v) is 6.98. The molecule has 0 unspecified atom stereocenters. The molecule has 3 nitrogen and oxygen atoms in total. The lowest BCUT2D eigenvalue weighted by Crippen LogP contribution is -2.23. The van der Waals surface area contributed by atoms with Gasteiger partial charge in [0.2, 0.25) is 0 Å². The summed E-state index contributed by atoms with van der Waals surface area (Å²) in [5, 5.41) is 3.79. The molecule has 8 heavy (non-hydrogen) atoms. The van der Waals surface area contributed by atoms with Crippen molar-refractivity contribution < 1.29 is 0 Å². The van der Waals surface area contributed by atoms with Gasteiger partial charge in [0, 0.05) is 0 Å². The first-order chi connectivity index (χ1) is 3.79. The molecule has 1 aliphatic rings. The summed E-state index contributed by atoms with van der Waals surface area (Å²) in [5.74, 6) is 0. The standard InChI is InChI=1S/C3H3Br2N3/c4-3-1-2-6-8(5)7-3/h1-2,7H. The SMILES string of the molecule is BrC1=CC=NN(Br)N1. The van der Waals surface area contributed by atoms with Crippen LogP contribution < -0.4 is 5.43 Å². The van der Waals surface area contributed by atoms with Gasteiger partial charge in [0.25, 0.3) is 0 Å². The van der Waals surface area contributed by atoms with E-state index in [-0.39, 0.29) is 0 Å². The highest BCUT2D eigenvalue weighted by Gasteiger charge is 1.97. The molecule has 1 heterocycles. The predicted molar refractivity (Wildman–Crippen MR) is 39.4 cm³/mol. The number of hydrogen-bond donors (Lipinski definition) is 1. The highest BCUT2D eigenvalue weighted by Crippen LogP contribution is 2.06. The molecule has 5 heteroatoms. The Morgan fingerprint density at radius 3 is 2.88 bits per heavy atom. The van der Waals surface area contributed by atoms with Crippen LogP contribution >= 0.6 is 32.1 Å². The molecule has 0 aromatic rings. The first-order valence-electron chi connectivity index (χ1n) is 1.91. The van der Waals surface area contributed by atoms with Gasteiger partial charge in [-0.25, -0.2) is 0 Å². The van der Waals surface area contributed by atoms with E-state index in [4.69, 9.17) is 0 Å². The highest BCUT2D eigenvalue weighted by atomic mass is 79.9. The second-order valence-corrected chi connectivity index (χ2v) is 2.68. The molecule has 0 amide bonds. The van der Waals surface area contributed by atoms with E-state index in [1.807, 2.05) is 0 Å². The number of allylic oxidation sites excluding steroid dienone is 1. The van der Waals surface area contributed by atoms with Crippen LogP contribution in [0, 0.1) is 0 Å². The van der Waals surface area contributed by atoms with E-state index in [0.717, 1.165) is 4.61 Å². The maximum absolute atomic E-state index is 3.79. The minimum Gasteiger partial charge on any atom is -0.265 e. The molecule has 0 saturated carbocycles. The van der Waals surface area contributed by atoms with Crippen molar-refractivity contribution in [2.24, 2.45) is 5.10 Å². The minimum atomic E-state index is 0.879. The lowest BCUT2D eigenvalue weighted by atomic mass is 10.7. The van der Waals surface area contributed by atoms with Crippen LogP contribution in [0.3, 0.4) is 0 Å². The molecule has 1 aliphatic heterocycles. The topological polar surface area (TPSA) is 27.6 Å². The normalized spacial score (nSPS) is 17.8.